The Morgan fingerprint density at radius 2 is 0.950 bits per heavy atom. The van der Waals surface area contributed by atoms with Gasteiger partial charge in [0.1, 0.15) is 0 Å². The molecule has 0 aliphatic carbocycles. The summed E-state index contributed by atoms with van der Waals surface area (Å²) in [7, 11) is 0. The predicted molar refractivity (Wildman–Crippen MR) is 175 cm³/mol. The number of carbonyl (C=O) groups is 1. The Hall–Kier alpha value is -0.870. The Labute approximate surface area is 250 Å². The summed E-state index contributed by atoms with van der Waals surface area (Å²) in [6.07, 6.45) is 38.3. The van der Waals surface area contributed by atoms with Gasteiger partial charge in [-0.05, 0) is 38.5 Å². The summed E-state index contributed by atoms with van der Waals surface area (Å²) in [5.41, 5.74) is 0. The van der Waals surface area contributed by atoms with Crippen molar-refractivity contribution in [3.05, 3.63) is 12.2 Å². The molecule has 40 heavy (non-hydrogen) atoms. The van der Waals surface area contributed by atoms with E-state index in [2.05, 4.69) is 31.3 Å². The monoisotopic (exact) mass is 566 g/mol. The largest absolute Gasteiger partial charge is 0.394 e. The third-order valence-electron chi connectivity index (χ3n) is 8.28. The molecule has 0 aromatic carbocycles. The fourth-order valence-corrected chi connectivity index (χ4v) is 5.47. The maximum Gasteiger partial charge on any atom is 0.220 e. The Kier molecular flexibility index (Phi) is 31.9. The molecule has 0 fully saturated rings. The molecule has 0 rings (SSSR count). The molecule has 1 amide bonds. The van der Waals surface area contributed by atoms with Crippen molar-refractivity contribution >= 4 is 5.91 Å². The maximum absolute atomic E-state index is 12.3. The molecule has 0 bridgehead atoms. The van der Waals surface area contributed by atoms with Crippen LogP contribution in [0.5, 0.6) is 0 Å². The maximum atomic E-state index is 12.3. The third kappa shape index (κ3) is 28.7. The highest BCUT2D eigenvalue weighted by Gasteiger charge is 2.19. The fraction of sp³-hybridized carbons (Fsp3) is 0.917. The van der Waals surface area contributed by atoms with Gasteiger partial charge in [0.05, 0.1) is 18.8 Å². The van der Waals surface area contributed by atoms with Crippen LogP contribution in [0.3, 0.4) is 0 Å². The van der Waals surface area contributed by atoms with Gasteiger partial charge in [-0.3, -0.25) is 4.79 Å². The molecule has 2 atom stereocenters. The second-order valence-corrected chi connectivity index (χ2v) is 12.3. The lowest BCUT2D eigenvalue weighted by Gasteiger charge is -2.22. The van der Waals surface area contributed by atoms with Crippen LogP contribution in [-0.4, -0.2) is 34.9 Å². The minimum Gasteiger partial charge on any atom is -0.394 e. The van der Waals surface area contributed by atoms with Gasteiger partial charge >= 0.3 is 0 Å². The van der Waals surface area contributed by atoms with Gasteiger partial charge < -0.3 is 15.5 Å². The van der Waals surface area contributed by atoms with E-state index in [1.807, 2.05) is 0 Å². The van der Waals surface area contributed by atoms with Crippen LogP contribution in [-0.2, 0) is 4.79 Å². The van der Waals surface area contributed by atoms with Crippen LogP contribution in [0.25, 0.3) is 0 Å². The van der Waals surface area contributed by atoms with Crippen LogP contribution >= 0.6 is 0 Å². The molecule has 0 heterocycles. The SMILES string of the molecule is CCCCCCCCC/C=C\CCCCCCCC(=O)NC(CO)C(O)CCCCCCCCCCCCCC. The predicted octanol–water partition coefficient (Wildman–Crippen LogP) is 10.3. The first kappa shape index (κ1) is 39.1. The van der Waals surface area contributed by atoms with Crippen LogP contribution in [0.1, 0.15) is 194 Å². The minimum atomic E-state index is -0.657. The average Bonchev–Trinajstić information content (AvgIpc) is 2.96. The number of aliphatic hydroxyl groups excluding tert-OH is 2. The molecular weight excluding hydrogens is 494 g/mol. The molecule has 0 saturated heterocycles. The molecule has 0 aromatic heterocycles. The smallest absolute Gasteiger partial charge is 0.220 e. The van der Waals surface area contributed by atoms with E-state index in [-0.39, 0.29) is 12.5 Å². The molecule has 3 N–H and O–H groups in total. The van der Waals surface area contributed by atoms with Crippen molar-refractivity contribution in [3.63, 3.8) is 0 Å². The van der Waals surface area contributed by atoms with E-state index in [1.165, 1.54) is 141 Å². The molecule has 4 heteroatoms. The Morgan fingerprint density at radius 3 is 1.38 bits per heavy atom. The molecule has 238 valence electrons. The Morgan fingerprint density at radius 1 is 0.575 bits per heavy atom. The number of unbranched alkanes of at least 4 members (excludes halogenated alkanes) is 23. The summed E-state index contributed by atoms with van der Waals surface area (Å²) in [4.78, 5) is 12.3. The molecule has 2 unspecified atom stereocenters. The number of hydrogen-bond acceptors (Lipinski definition) is 3. The van der Waals surface area contributed by atoms with Gasteiger partial charge in [-0.25, -0.2) is 0 Å². The first-order valence-electron chi connectivity index (χ1n) is 17.9. The normalized spacial score (nSPS) is 13.2. The number of aliphatic hydroxyl groups is 2. The molecular formula is C36H71NO3. The van der Waals surface area contributed by atoms with Crippen LogP contribution in [0.4, 0.5) is 0 Å². The topological polar surface area (TPSA) is 69.6 Å². The van der Waals surface area contributed by atoms with Crippen molar-refractivity contribution in [2.45, 2.75) is 206 Å². The summed E-state index contributed by atoms with van der Waals surface area (Å²) in [6, 6.07) is -0.534. The Balaban J connectivity index is 3.57. The number of amides is 1. The Bertz CT molecular complexity index is 536. The van der Waals surface area contributed by atoms with Crippen molar-refractivity contribution < 1.29 is 15.0 Å². The van der Waals surface area contributed by atoms with Gasteiger partial charge in [0.25, 0.3) is 0 Å². The summed E-state index contributed by atoms with van der Waals surface area (Å²) < 4.78 is 0. The van der Waals surface area contributed by atoms with Crippen LogP contribution in [0.2, 0.25) is 0 Å². The number of nitrogens with one attached hydrogen (secondary N) is 1. The van der Waals surface area contributed by atoms with Gasteiger partial charge in [0.15, 0.2) is 0 Å². The number of carbonyl (C=O) groups excluding carboxylic acids is 1. The molecule has 0 aromatic rings. The van der Waals surface area contributed by atoms with E-state index in [0.29, 0.717) is 12.8 Å². The molecule has 4 nitrogen and oxygen atoms in total. The highest BCUT2D eigenvalue weighted by molar-refractivity contribution is 5.76. The fourth-order valence-electron chi connectivity index (χ4n) is 5.47. The number of hydrogen-bond donors (Lipinski definition) is 3. The van der Waals surface area contributed by atoms with Crippen molar-refractivity contribution in [2.24, 2.45) is 0 Å². The van der Waals surface area contributed by atoms with E-state index in [9.17, 15) is 15.0 Å². The molecule has 0 aliphatic heterocycles. The van der Waals surface area contributed by atoms with Gasteiger partial charge in [0.2, 0.25) is 5.91 Å². The first-order valence-corrected chi connectivity index (χ1v) is 17.9. The van der Waals surface area contributed by atoms with Gasteiger partial charge in [-0.15, -0.1) is 0 Å². The zero-order chi connectivity index (χ0) is 29.4. The second-order valence-electron chi connectivity index (χ2n) is 12.3. The van der Waals surface area contributed by atoms with Gasteiger partial charge in [-0.2, -0.15) is 0 Å². The third-order valence-corrected chi connectivity index (χ3v) is 8.28. The van der Waals surface area contributed by atoms with Crippen LogP contribution in [0.15, 0.2) is 12.2 Å². The van der Waals surface area contributed by atoms with E-state index in [4.69, 9.17) is 0 Å². The molecule has 0 aliphatic rings. The van der Waals surface area contributed by atoms with Crippen LogP contribution < -0.4 is 5.32 Å². The molecule has 0 radical (unpaired) electrons. The second kappa shape index (κ2) is 32.6. The zero-order valence-electron chi connectivity index (χ0n) is 27.1. The lowest BCUT2D eigenvalue weighted by Crippen LogP contribution is -2.45. The van der Waals surface area contributed by atoms with E-state index in [1.54, 1.807) is 0 Å². The van der Waals surface area contributed by atoms with Crippen LogP contribution in [0, 0.1) is 0 Å². The lowest BCUT2D eigenvalue weighted by molar-refractivity contribution is -0.123. The molecule has 0 spiro atoms. The highest BCUT2D eigenvalue weighted by Crippen LogP contribution is 2.14. The van der Waals surface area contributed by atoms with E-state index >= 15 is 0 Å². The van der Waals surface area contributed by atoms with Crippen molar-refractivity contribution in [1.29, 1.82) is 0 Å². The highest BCUT2D eigenvalue weighted by atomic mass is 16.3. The van der Waals surface area contributed by atoms with Crippen molar-refractivity contribution in [2.75, 3.05) is 6.61 Å². The summed E-state index contributed by atoms with van der Waals surface area (Å²) in [5.74, 6) is -0.0407. The minimum absolute atomic E-state index is 0.0407. The lowest BCUT2D eigenvalue weighted by atomic mass is 10.0. The molecule has 0 saturated carbocycles. The van der Waals surface area contributed by atoms with Crippen molar-refractivity contribution in [3.8, 4) is 0 Å². The standard InChI is InChI=1S/C36H71NO3/c1-3-5-7-9-11-13-15-17-18-19-20-22-24-26-28-30-32-36(40)37-34(33-38)35(39)31-29-27-25-23-21-16-14-12-10-8-6-4-2/h18-19,34-35,38-39H,3-17,20-33H2,1-2H3,(H,37,40)/b19-18-. The number of allylic oxidation sites excluding steroid dienone is 2. The summed E-state index contributed by atoms with van der Waals surface area (Å²) in [5, 5.41) is 23.0. The quantitative estimate of drug-likeness (QED) is 0.0561. The summed E-state index contributed by atoms with van der Waals surface area (Å²) in [6.45, 7) is 4.34. The van der Waals surface area contributed by atoms with Gasteiger partial charge in [-0.1, -0.05) is 161 Å². The summed E-state index contributed by atoms with van der Waals surface area (Å²) >= 11 is 0. The van der Waals surface area contributed by atoms with E-state index < -0.39 is 12.1 Å². The average molecular weight is 566 g/mol. The van der Waals surface area contributed by atoms with Gasteiger partial charge in [0, 0.05) is 6.42 Å². The van der Waals surface area contributed by atoms with Crippen molar-refractivity contribution in [1.82, 2.24) is 5.32 Å². The zero-order valence-corrected chi connectivity index (χ0v) is 27.1. The number of rotatable bonds is 32. The van der Waals surface area contributed by atoms with E-state index in [0.717, 1.165) is 25.7 Å². The first-order chi connectivity index (χ1) is 19.7.